The zero-order valence-electron chi connectivity index (χ0n) is 18.3. The third kappa shape index (κ3) is 4.58. The Morgan fingerprint density at radius 1 is 1.28 bits per heavy atom. The van der Waals surface area contributed by atoms with Gasteiger partial charge in [0.15, 0.2) is 5.52 Å². The van der Waals surface area contributed by atoms with Crippen LogP contribution in [0.2, 0.25) is 5.02 Å². The second-order valence-electron chi connectivity index (χ2n) is 7.99. The van der Waals surface area contributed by atoms with Crippen LogP contribution in [0.15, 0.2) is 29.2 Å². The van der Waals surface area contributed by atoms with Gasteiger partial charge < -0.3 is 19.4 Å². The lowest BCUT2D eigenvalue weighted by Crippen LogP contribution is -2.48. The number of aromatic nitrogens is 4. The first-order chi connectivity index (χ1) is 15.2. The van der Waals surface area contributed by atoms with E-state index in [-0.39, 0.29) is 29.2 Å². The minimum Gasteiger partial charge on any atom is -0.468 e. The van der Waals surface area contributed by atoms with Crippen molar-refractivity contribution >= 4 is 28.5 Å². The Morgan fingerprint density at radius 2 is 2.00 bits per heavy atom. The van der Waals surface area contributed by atoms with Crippen molar-refractivity contribution in [3.05, 3.63) is 56.9 Å². The zero-order chi connectivity index (χ0) is 23.0. The summed E-state index contributed by atoms with van der Waals surface area (Å²) in [7, 11) is 0. The molecule has 1 N–H and O–H groups in total. The standard InChI is InChI=1S/C22H24ClN5O4/c1-11-9-28(10-12(2)31-11)22(30)15-5-6-18(24-8-15)32-13(3)19-16(23)7-17-20(27-19)21(29)26-14(4)25-17/h5-8,11-13H,9-10H2,1-4H3,(H,25,26,29)/t11-,12+,13?. The van der Waals surface area contributed by atoms with Crippen LogP contribution >= 0.6 is 11.6 Å². The number of aryl methyl sites for hydroxylation is 1. The number of H-pyrrole nitrogens is 1. The smallest absolute Gasteiger partial charge is 0.277 e. The lowest BCUT2D eigenvalue weighted by Gasteiger charge is -2.35. The van der Waals surface area contributed by atoms with Gasteiger partial charge in [0.2, 0.25) is 5.88 Å². The highest BCUT2D eigenvalue weighted by atomic mass is 35.5. The van der Waals surface area contributed by atoms with Gasteiger partial charge in [-0.15, -0.1) is 0 Å². The molecule has 4 rings (SSSR count). The summed E-state index contributed by atoms with van der Waals surface area (Å²) in [5, 5.41) is 0.338. The molecule has 1 aliphatic rings. The van der Waals surface area contributed by atoms with E-state index in [4.69, 9.17) is 21.1 Å². The van der Waals surface area contributed by atoms with Gasteiger partial charge in [0.05, 0.1) is 28.3 Å². The van der Waals surface area contributed by atoms with Gasteiger partial charge in [-0.1, -0.05) is 11.6 Å². The number of rotatable bonds is 4. The van der Waals surface area contributed by atoms with Gasteiger partial charge in [0.1, 0.15) is 17.6 Å². The molecular formula is C22H24ClN5O4. The average Bonchev–Trinajstić information content (AvgIpc) is 2.72. The maximum atomic E-state index is 12.8. The first-order valence-electron chi connectivity index (χ1n) is 10.4. The molecule has 0 bridgehead atoms. The van der Waals surface area contributed by atoms with E-state index in [0.717, 1.165) is 0 Å². The number of ether oxygens (including phenoxy) is 2. The Kier molecular flexibility index (Phi) is 6.12. The molecule has 3 aromatic rings. The van der Waals surface area contributed by atoms with Crippen molar-refractivity contribution in [1.29, 1.82) is 0 Å². The number of halogens is 1. The summed E-state index contributed by atoms with van der Waals surface area (Å²) in [6.45, 7) is 8.42. The molecule has 3 aromatic heterocycles. The molecule has 9 nitrogen and oxygen atoms in total. The molecule has 1 amide bonds. The van der Waals surface area contributed by atoms with Gasteiger partial charge in [-0.2, -0.15) is 0 Å². The van der Waals surface area contributed by atoms with Crippen LogP contribution in [-0.2, 0) is 4.74 Å². The number of hydrogen-bond donors (Lipinski definition) is 1. The molecule has 1 aliphatic heterocycles. The maximum Gasteiger partial charge on any atom is 0.277 e. The van der Waals surface area contributed by atoms with Crippen molar-refractivity contribution in [2.45, 2.75) is 46.0 Å². The number of carbonyl (C=O) groups is 1. The molecule has 3 atom stereocenters. The van der Waals surface area contributed by atoms with Crippen LogP contribution in [0, 0.1) is 6.92 Å². The van der Waals surface area contributed by atoms with E-state index in [2.05, 4.69) is 19.9 Å². The van der Waals surface area contributed by atoms with Crippen LogP contribution in [0.4, 0.5) is 0 Å². The van der Waals surface area contributed by atoms with Crippen molar-refractivity contribution in [3.63, 3.8) is 0 Å². The Balaban J connectivity index is 1.50. The summed E-state index contributed by atoms with van der Waals surface area (Å²) in [4.78, 5) is 42.3. The highest BCUT2D eigenvalue weighted by molar-refractivity contribution is 6.31. The molecule has 1 unspecified atom stereocenters. The number of carbonyl (C=O) groups excluding carboxylic acids is 1. The van der Waals surface area contributed by atoms with Gasteiger partial charge in [-0.3, -0.25) is 9.59 Å². The van der Waals surface area contributed by atoms with E-state index in [9.17, 15) is 9.59 Å². The molecule has 4 heterocycles. The molecular weight excluding hydrogens is 434 g/mol. The van der Waals surface area contributed by atoms with Crippen molar-refractivity contribution in [1.82, 2.24) is 24.8 Å². The van der Waals surface area contributed by atoms with E-state index in [1.165, 1.54) is 6.20 Å². The Labute approximate surface area is 189 Å². The number of nitrogens with zero attached hydrogens (tertiary/aromatic N) is 4. The lowest BCUT2D eigenvalue weighted by molar-refractivity contribution is -0.0586. The van der Waals surface area contributed by atoms with Gasteiger partial charge in [-0.05, 0) is 39.8 Å². The predicted molar refractivity (Wildman–Crippen MR) is 119 cm³/mol. The van der Waals surface area contributed by atoms with E-state index in [0.29, 0.717) is 46.6 Å². The Hall–Kier alpha value is -3.04. The number of pyridine rings is 2. The van der Waals surface area contributed by atoms with Crippen molar-refractivity contribution in [2.24, 2.45) is 0 Å². The number of fused-ring (bicyclic) bond motifs is 1. The van der Waals surface area contributed by atoms with Gasteiger partial charge in [0.25, 0.3) is 11.5 Å². The highest BCUT2D eigenvalue weighted by Gasteiger charge is 2.27. The fraction of sp³-hybridized carbons (Fsp3) is 0.409. The SMILES string of the molecule is Cc1nc2cc(Cl)c(C(C)Oc3ccc(C(=O)N4C[C@@H](C)O[C@@H](C)C4)cn3)nc2c(=O)[nH]1. The predicted octanol–water partition coefficient (Wildman–Crippen LogP) is 3.06. The molecule has 0 spiro atoms. The summed E-state index contributed by atoms with van der Waals surface area (Å²) < 4.78 is 11.6. The zero-order valence-corrected chi connectivity index (χ0v) is 19.0. The second kappa shape index (κ2) is 8.84. The average molecular weight is 458 g/mol. The monoisotopic (exact) mass is 457 g/mol. The third-order valence-electron chi connectivity index (χ3n) is 5.15. The lowest BCUT2D eigenvalue weighted by atomic mass is 10.2. The van der Waals surface area contributed by atoms with Crippen LogP contribution in [0.25, 0.3) is 11.0 Å². The summed E-state index contributed by atoms with van der Waals surface area (Å²) in [5.41, 5.74) is 1.13. The molecule has 0 saturated carbocycles. The van der Waals surface area contributed by atoms with Crippen LogP contribution < -0.4 is 10.3 Å². The molecule has 0 radical (unpaired) electrons. The fourth-order valence-corrected chi connectivity index (χ4v) is 4.10. The van der Waals surface area contributed by atoms with Crippen LogP contribution in [0.5, 0.6) is 5.88 Å². The number of hydrogen-bond acceptors (Lipinski definition) is 7. The minimum atomic E-state index is -0.581. The maximum absolute atomic E-state index is 12.8. The summed E-state index contributed by atoms with van der Waals surface area (Å²) in [6.07, 6.45) is 0.888. The van der Waals surface area contributed by atoms with Crippen LogP contribution in [0.1, 0.15) is 48.8 Å². The summed E-state index contributed by atoms with van der Waals surface area (Å²) in [5.74, 6) is 0.698. The van der Waals surface area contributed by atoms with E-state index in [1.807, 2.05) is 13.8 Å². The second-order valence-corrected chi connectivity index (χ2v) is 8.39. The number of aromatic amines is 1. The van der Waals surface area contributed by atoms with E-state index < -0.39 is 6.10 Å². The summed E-state index contributed by atoms with van der Waals surface area (Å²) >= 11 is 6.37. The van der Waals surface area contributed by atoms with Crippen molar-refractivity contribution in [3.8, 4) is 5.88 Å². The van der Waals surface area contributed by atoms with Gasteiger partial charge in [0, 0.05) is 25.4 Å². The number of nitrogens with one attached hydrogen (secondary N) is 1. The van der Waals surface area contributed by atoms with Crippen molar-refractivity contribution < 1.29 is 14.3 Å². The van der Waals surface area contributed by atoms with Crippen molar-refractivity contribution in [2.75, 3.05) is 13.1 Å². The van der Waals surface area contributed by atoms with Crippen LogP contribution in [-0.4, -0.2) is 56.0 Å². The molecule has 0 aromatic carbocycles. The molecule has 10 heteroatoms. The quantitative estimate of drug-likeness (QED) is 0.640. The summed E-state index contributed by atoms with van der Waals surface area (Å²) in [6, 6.07) is 4.90. The van der Waals surface area contributed by atoms with Gasteiger partial charge >= 0.3 is 0 Å². The van der Waals surface area contributed by atoms with E-state index >= 15 is 0 Å². The highest BCUT2D eigenvalue weighted by Crippen LogP contribution is 2.27. The minimum absolute atomic E-state index is 0.00957. The Bertz CT molecular complexity index is 1200. The van der Waals surface area contributed by atoms with Gasteiger partial charge in [-0.25, -0.2) is 15.0 Å². The molecule has 168 valence electrons. The third-order valence-corrected chi connectivity index (χ3v) is 5.46. The fourth-order valence-electron chi connectivity index (χ4n) is 3.80. The normalized spacial score (nSPS) is 19.7. The molecule has 32 heavy (non-hydrogen) atoms. The first kappa shape index (κ1) is 22.2. The first-order valence-corrected chi connectivity index (χ1v) is 10.7. The number of amides is 1. The largest absolute Gasteiger partial charge is 0.468 e. The molecule has 1 fully saturated rings. The Morgan fingerprint density at radius 3 is 2.66 bits per heavy atom. The number of morpholine rings is 1. The molecule has 1 saturated heterocycles. The van der Waals surface area contributed by atoms with Crippen LogP contribution in [0.3, 0.4) is 0 Å². The topological polar surface area (TPSA) is 110 Å². The van der Waals surface area contributed by atoms with E-state index in [1.54, 1.807) is 36.9 Å². The molecule has 0 aliphatic carbocycles.